The molecule has 3 atom stereocenters. The first-order valence-electron chi connectivity index (χ1n) is 8.32. The third-order valence-corrected chi connectivity index (χ3v) is 5.33. The smallest absolute Gasteiger partial charge is 0.0729 e. The van der Waals surface area contributed by atoms with E-state index in [-0.39, 0.29) is 11.6 Å². The summed E-state index contributed by atoms with van der Waals surface area (Å²) in [4.78, 5) is 0. The molecule has 1 aliphatic heterocycles. The highest BCUT2D eigenvalue weighted by molar-refractivity contribution is 4.92. The van der Waals surface area contributed by atoms with Crippen molar-refractivity contribution >= 4 is 0 Å². The van der Waals surface area contributed by atoms with E-state index < -0.39 is 0 Å². The molecular weight excluding hydrogens is 238 g/mol. The van der Waals surface area contributed by atoms with Crippen LogP contribution in [0.1, 0.15) is 70.6 Å². The second-order valence-electron chi connectivity index (χ2n) is 6.83. The number of rotatable bonds is 2. The average molecular weight is 267 g/mol. The Morgan fingerprint density at radius 2 is 1.74 bits per heavy atom. The minimum absolute atomic E-state index is 0.164. The molecule has 3 unspecified atom stereocenters. The SMILES string of the molecule is NC1CCCCCC1OC1CCOC2(CCCC2)C1. The fraction of sp³-hybridized carbons (Fsp3) is 1.00. The number of nitrogens with two attached hydrogens (primary N) is 1. The molecule has 0 aromatic heterocycles. The number of hydrogen-bond acceptors (Lipinski definition) is 3. The molecule has 19 heavy (non-hydrogen) atoms. The van der Waals surface area contributed by atoms with Crippen molar-refractivity contribution in [1.29, 1.82) is 0 Å². The van der Waals surface area contributed by atoms with Gasteiger partial charge in [0.1, 0.15) is 0 Å². The maximum absolute atomic E-state index is 6.41. The van der Waals surface area contributed by atoms with Crippen LogP contribution < -0.4 is 5.73 Å². The largest absolute Gasteiger partial charge is 0.375 e. The van der Waals surface area contributed by atoms with E-state index in [4.69, 9.17) is 15.2 Å². The van der Waals surface area contributed by atoms with Gasteiger partial charge in [-0.05, 0) is 32.1 Å². The molecule has 0 aromatic rings. The molecule has 1 saturated heterocycles. The molecular formula is C16H29NO2. The van der Waals surface area contributed by atoms with Crippen molar-refractivity contribution in [2.45, 2.75) is 94.5 Å². The van der Waals surface area contributed by atoms with Crippen LogP contribution in [0.3, 0.4) is 0 Å². The lowest BCUT2D eigenvalue weighted by Crippen LogP contribution is -2.45. The maximum Gasteiger partial charge on any atom is 0.0729 e. The standard InChI is InChI=1S/C16H29NO2/c17-14-6-2-1-3-7-15(14)19-13-8-11-18-16(12-13)9-4-5-10-16/h13-15H,1-12,17H2. The highest BCUT2D eigenvalue weighted by Crippen LogP contribution is 2.41. The van der Waals surface area contributed by atoms with Crippen molar-refractivity contribution in [2.24, 2.45) is 5.73 Å². The van der Waals surface area contributed by atoms with Crippen molar-refractivity contribution in [1.82, 2.24) is 0 Å². The Hall–Kier alpha value is -0.120. The topological polar surface area (TPSA) is 44.5 Å². The molecule has 2 N–H and O–H groups in total. The van der Waals surface area contributed by atoms with Crippen LogP contribution in [0.15, 0.2) is 0 Å². The summed E-state index contributed by atoms with van der Waals surface area (Å²) in [6, 6.07) is 0.255. The Morgan fingerprint density at radius 1 is 0.947 bits per heavy atom. The Morgan fingerprint density at radius 3 is 2.58 bits per heavy atom. The third-order valence-electron chi connectivity index (χ3n) is 5.33. The van der Waals surface area contributed by atoms with Gasteiger partial charge in [-0.25, -0.2) is 0 Å². The van der Waals surface area contributed by atoms with Gasteiger partial charge in [0, 0.05) is 19.1 Å². The Bertz CT molecular complexity index is 288. The molecule has 3 fully saturated rings. The molecule has 0 aromatic carbocycles. The molecule has 0 bridgehead atoms. The van der Waals surface area contributed by atoms with Gasteiger partial charge >= 0.3 is 0 Å². The van der Waals surface area contributed by atoms with Crippen molar-refractivity contribution < 1.29 is 9.47 Å². The average Bonchev–Trinajstić information content (AvgIpc) is 2.75. The summed E-state index contributed by atoms with van der Waals surface area (Å²) < 4.78 is 12.5. The van der Waals surface area contributed by atoms with E-state index in [9.17, 15) is 0 Å². The zero-order valence-electron chi connectivity index (χ0n) is 12.1. The molecule has 0 radical (unpaired) electrons. The predicted octanol–water partition coefficient (Wildman–Crippen LogP) is 3.15. The Kier molecular flexibility index (Phi) is 4.45. The Labute approximate surface area is 117 Å². The Balaban J connectivity index is 1.56. The van der Waals surface area contributed by atoms with Gasteiger partial charge in [-0.15, -0.1) is 0 Å². The van der Waals surface area contributed by atoms with E-state index in [1.807, 2.05) is 0 Å². The minimum atomic E-state index is 0.164. The lowest BCUT2D eigenvalue weighted by Gasteiger charge is -2.40. The van der Waals surface area contributed by atoms with Crippen LogP contribution in [0.25, 0.3) is 0 Å². The van der Waals surface area contributed by atoms with E-state index in [0.29, 0.717) is 12.2 Å². The summed E-state index contributed by atoms with van der Waals surface area (Å²) in [5, 5.41) is 0. The van der Waals surface area contributed by atoms with Crippen LogP contribution in [0.2, 0.25) is 0 Å². The summed E-state index contributed by atoms with van der Waals surface area (Å²) in [5.74, 6) is 0. The summed E-state index contributed by atoms with van der Waals surface area (Å²) in [6.07, 6.45) is 14.2. The van der Waals surface area contributed by atoms with Gasteiger partial charge in [0.15, 0.2) is 0 Å². The zero-order valence-corrected chi connectivity index (χ0v) is 12.1. The number of hydrogen-bond donors (Lipinski definition) is 1. The molecule has 2 aliphatic carbocycles. The van der Waals surface area contributed by atoms with Gasteiger partial charge < -0.3 is 15.2 Å². The highest BCUT2D eigenvalue weighted by Gasteiger charge is 2.41. The van der Waals surface area contributed by atoms with Crippen LogP contribution in [0.4, 0.5) is 0 Å². The van der Waals surface area contributed by atoms with Crippen molar-refractivity contribution in [2.75, 3.05) is 6.61 Å². The highest BCUT2D eigenvalue weighted by atomic mass is 16.5. The second-order valence-corrected chi connectivity index (χ2v) is 6.83. The lowest BCUT2D eigenvalue weighted by atomic mass is 9.90. The fourth-order valence-corrected chi connectivity index (χ4v) is 4.19. The first-order chi connectivity index (χ1) is 9.27. The van der Waals surface area contributed by atoms with Crippen LogP contribution in [-0.4, -0.2) is 30.5 Å². The van der Waals surface area contributed by atoms with Gasteiger partial charge in [0.25, 0.3) is 0 Å². The van der Waals surface area contributed by atoms with E-state index in [1.54, 1.807) is 0 Å². The molecule has 1 spiro atoms. The van der Waals surface area contributed by atoms with Crippen LogP contribution in [-0.2, 0) is 9.47 Å². The van der Waals surface area contributed by atoms with E-state index in [0.717, 1.165) is 32.3 Å². The lowest BCUT2D eigenvalue weighted by molar-refractivity contribution is -0.148. The van der Waals surface area contributed by atoms with Crippen LogP contribution >= 0.6 is 0 Å². The zero-order chi connectivity index (χ0) is 13.1. The molecule has 3 aliphatic rings. The molecule has 3 rings (SSSR count). The van der Waals surface area contributed by atoms with Gasteiger partial charge in [-0.2, -0.15) is 0 Å². The molecule has 110 valence electrons. The monoisotopic (exact) mass is 267 g/mol. The molecule has 3 heteroatoms. The van der Waals surface area contributed by atoms with Gasteiger partial charge in [0.05, 0.1) is 17.8 Å². The van der Waals surface area contributed by atoms with Crippen LogP contribution in [0.5, 0.6) is 0 Å². The summed E-state index contributed by atoms with van der Waals surface area (Å²) in [5.41, 5.74) is 6.45. The third kappa shape index (κ3) is 3.32. The van der Waals surface area contributed by atoms with Crippen molar-refractivity contribution in [3.05, 3.63) is 0 Å². The fourth-order valence-electron chi connectivity index (χ4n) is 4.19. The number of ether oxygens (including phenoxy) is 2. The minimum Gasteiger partial charge on any atom is -0.375 e. The molecule has 2 saturated carbocycles. The summed E-state index contributed by atoms with van der Waals surface area (Å²) >= 11 is 0. The van der Waals surface area contributed by atoms with Gasteiger partial charge in [-0.1, -0.05) is 32.1 Å². The van der Waals surface area contributed by atoms with Crippen molar-refractivity contribution in [3.8, 4) is 0 Å². The second kappa shape index (κ2) is 6.11. The predicted molar refractivity (Wildman–Crippen MR) is 76.1 cm³/mol. The quantitative estimate of drug-likeness (QED) is 0.782. The first kappa shape index (κ1) is 13.8. The van der Waals surface area contributed by atoms with E-state index in [2.05, 4.69) is 0 Å². The van der Waals surface area contributed by atoms with E-state index >= 15 is 0 Å². The first-order valence-corrected chi connectivity index (χ1v) is 8.32. The maximum atomic E-state index is 6.41. The summed E-state index contributed by atoms with van der Waals surface area (Å²) in [7, 11) is 0. The molecule has 1 heterocycles. The molecule has 0 amide bonds. The van der Waals surface area contributed by atoms with Gasteiger partial charge in [0.2, 0.25) is 0 Å². The normalized spacial score (nSPS) is 39.3. The molecule has 3 nitrogen and oxygen atoms in total. The summed E-state index contributed by atoms with van der Waals surface area (Å²) in [6.45, 7) is 0.882. The van der Waals surface area contributed by atoms with E-state index in [1.165, 1.54) is 44.9 Å². The van der Waals surface area contributed by atoms with Crippen molar-refractivity contribution in [3.63, 3.8) is 0 Å². The van der Waals surface area contributed by atoms with Crippen LogP contribution in [0, 0.1) is 0 Å². The van der Waals surface area contributed by atoms with Gasteiger partial charge in [-0.3, -0.25) is 0 Å².